The zero-order chi connectivity index (χ0) is 13.9. The van der Waals surface area contributed by atoms with Crippen molar-refractivity contribution in [3.63, 3.8) is 0 Å². The molecule has 0 saturated carbocycles. The first-order valence-corrected chi connectivity index (χ1v) is 6.34. The highest BCUT2D eigenvalue weighted by atomic mass is 32.1. The van der Waals surface area contributed by atoms with Crippen LogP contribution in [0.1, 0.15) is 29.3 Å². The van der Waals surface area contributed by atoms with Crippen LogP contribution in [0.3, 0.4) is 0 Å². The molecule has 1 aromatic heterocycles. The molecule has 3 N–H and O–H groups in total. The van der Waals surface area contributed by atoms with Gasteiger partial charge in [-0.25, -0.2) is 9.78 Å². The van der Waals surface area contributed by atoms with E-state index in [2.05, 4.69) is 4.98 Å². The van der Waals surface area contributed by atoms with Gasteiger partial charge in [0.05, 0.1) is 5.01 Å². The minimum atomic E-state index is -1.27. The number of carbonyl (C=O) groups excluding carboxylic acids is 1. The van der Waals surface area contributed by atoms with E-state index in [4.69, 9.17) is 10.8 Å². The predicted molar refractivity (Wildman–Crippen MR) is 68.7 cm³/mol. The predicted octanol–water partition coefficient (Wildman–Crippen LogP) is 0.579. The van der Waals surface area contributed by atoms with Gasteiger partial charge in [0, 0.05) is 18.8 Å². The number of nitrogens with zero attached hydrogens (tertiary/aromatic N) is 2. The summed E-state index contributed by atoms with van der Waals surface area (Å²) in [6.45, 7) is 3.42. The zero-order valence-corrected chi connectivity index (χ0v) is 11.5. The number of amides is 1. The number of likely N-dealkylation sites (N-methyl/N-ethyl adjacent to an activating group) is 1. The SMILES string of the molecule is CN(C(=O)c1csc(CCN)n1)C(C)(C)C(=O)O. The number of rotatable bonds is 5. The number of hydrogen-bond acceptors (Lipinski definition) is 5. The van der Waals surface area contributed by atoms with E-state index in [0.29, 0.717) is 13.0 Å². The van der Waals surface area contributed by atoms with Gasteiger partial charge in [-0.3, -0.25) is 4.79 Å². The second-order valence-corrected chi connectivity index (χ2v) is 5.34. The van der Waals surface area contributed by atoms with Crippen LogP contribution >= 0.6 is 11.3 Å². The van der Waals surface area contributed by atoms with Crippen LogP contribution in [-0.4, -0.2) is 46.0 Å². The quantitative estimate of drug-likeness (QED) is 0.816. The average Bonchev–Trinajstić information content (AvgIpc) is 2.76. The molecule has 1 rings (SSSR count). The largest absolute Gasteiger partial charge is 0.480 e. The van der Waals surface area contributed by atoms with Crippen molar-refractivity contribution in [3.05, 3.63) is 16.1 Å². The molecule has 0 fully saturated rings. The van der Waals surface area contributed by atoms with Gasteiger partial charge in [-0.1, -0.05) is 0 Å². The lowest BCUT2D eigenvalue weighted by Crippen LogP contribution is -2.50. The van der Waals surface area contributed by atoms with Crippen LogP contribution in [0.2, 0.25) is 0 Å². The van der Waals surface area contributed by atoms with E-state index < -0.39 is 17.4 Å². The van der Waals surface area contributed by atoms with Gasteiger partial charge in [0.1, 0.15) is 11.2 Å². The van der Waals surface area contributed by atoms with Gasteiger partial charge in [-0.05, 0) is 20.4 Å². The lowest BCUT2D eigenvalue weighted by atomic mass is 10.0. The van der Waals surface area contributed by atoms with E-state index in [1.165, 1.54) is 37.1 Å². The molecule has 0 saturated heterocycles. The number of carboxylic acids is 1. The van der Waals surface area contributed by atoms with Gasteiger partial charge in [0.15, 0.2) is 0 Å². The fraction of sp³-hybridized carbons (Fsp3) is 0.545. The average molecular weight is 271 g/mol. The summed E-state index contributed by atoms with van der Waals surface area (Å²) in [5.41, 5.74) is 4.40. The van der Waals surface area contributed by atoms with E-state index >= 15 is 0 Å². The number of aromatic nitrogens is 1. The van der Waals surface area contributed by atoms with Gasteiger partial charge in [0.25, 0.3) is 5.91 Å². The Morgan fingerprint density at radius 1 is 1.56 bits per heavy atom. The zero-order valence-electron chi connectivity index (χ0n) is 10.6. The smallest absolute Gasteiger partial charge is 0.329 e. The molecule has 1 heterocycles. The topological polar surface area (TPSA) is 96.5 Å². The number of nitrogens with two attached hydrogens (primary N) is 1. The van der Waals surface area contributed by atoms with Gasteiger partial charge in [-0.2, -0.15) is 0 Å². The number of carboxylic acid groups (broad SMARTS) is 1. The maximum Gasteiger partial charge on any atom is 0.329 e. The molecule has 6 nitrogen and oxygen atoms in total. The fourth-order valence-electron chi connectivity index (χ4n) is 1.22. The van der Waals surface area contributed by atoms with E-state index in [0.717, 1.165) is 5.01 Å². The first-order valence-electron chi connectivity index (χ1n) is 5.46. The summed E-state index contributed by atoms with van der Waals surface area (Å²) in [5.74, 6) is -1.46. The summed E-state index contributed by atoms with van der Waals surface area (Å²) in [5, 5.41) is 11.5. The minimum Gasteiger partial charge on any atom is -0.480 e. The summed E-state index contributed by atoms with van der Waals surface area (Å²) in [7, 11) is 1.46. The molecule has 1 amide bonds. The Morgan fingerprint density at radius 3 is 2.67 bits per heavy atom. The van der Waals surface area contributed by atoms with Crippen LogP contribution in [0.5, 0.6) is 0 Å². The molecule has 0 aliphatic rings. The van der Waals surface area contributed by atoms with Crippen LogP contribution in [-0.2, 0) is 11.2 Å². The van der Waals surface area contributed by atoms with Crippen molar-refractivity contribution in [2.75, 3.05) is 13.6 Å². The maximum absolute atomic E-state index is 12.1. The van der Waals surface area contributed by atoms with E-state index in [9.17, 15) is 9.59 Å². The highest BCUT2D eigenvalue weighted by Gasteiger charge is 2.36. The third-order valence-electron chi connectivity index (χ3n) is 2.80. The highest BCUT2D eigenvalue weighted by Crippen LogP contribution is 2.18. The summed E-state index contributed by atoms with van der Waals surface area (Å²) in [6.07, 6.45) is 0.615. The third kappa shape index (κ3) is 2.85. The summed E-state index contributed by atoms with van der Waals surface area (Å²) < 4.78 is 0. The molecule has 0 aliphatic carbocycles. The van der Waals surface area contributed by atoms with Crippen LogP contribution in [0.4, 0.5) is 0 Å². The summed E-state index contributed by atoms with van der Waals surface area (Å²) in [4.78, 5) is 28.5. The Labute approximate surface area is 109 Å². The first-order chi connectivity index (χ1) is 8.30. The number of hydrogen-bond donors (Lipinski definition) is 2. The van der Waals surface area contributed by atoms with Crippen molar-refractivity contribution in [1.29, 1.82) is 0 Å². The molecule has 0 bridgehead atoms. The molecule has 0 unspecified atom stereocenters. The molecule has 0 radical (unpaired) electrons. The van der Waals surface area contributed by atoms with E-state index in [-0.39, 0.29) is 5.69 Å². The normalized spacial score (nSPS) is 11.3. The maximum atomic E-state index is 12.1. The van der Waals surface area contributed by atoms with Crippen LogP contribution in [0, 0.1) is 0 Å². The van der Waals surface area contributed by atoms with Gasteiger partial charge >= 0.3 is 5.97 Å². The molecular weight excluding hydrogens is 254 g/mol. The monoisotopic (exact) mass is 271 g/mol. The number of carbonyl (C=O) groups is 2. The minimum absolute atomic E-state index is 0.264. The fourth-order valence-corrected chi connectivity index (χ4v) is 2.00. The second-order valence-electron chi connectivity index (χ2n) is 4.39. The Kier molecular flexibility index (Phi) is 4.42. The first kappa shape index (κ1) is 14.6. The van der Waals surface area contributed by atoms with Crippen LogP contribution in [0.15, 0.2) is 5.38 Å². The van der Waals surface area contributed by atoms with Crippen molar-refractivity contribution in [3.8, 4) is 0 Å². The Bertz CT molecular complexity index is 456. The van der Waals surface area contributed by atoms with Crippen molar-refractivity contribution in [1.82, 2.24) is 9.88 Å². The Hall–Kier alpha value is -1.47. The van der Waals surface area contributed by atoms with Crippen molar-refractivity contribution in [2.45, 2.75) is 25.8 Å². The molecule has 100 valence electrons. The van der Waals surface area contributed by atoms with Crippen molar-refractivity contribution >= 4 is 23.2 Å². The van der Waals surface area contributed by atoms with Gasteiger partial charge in [0.2, 0.25) is 0 Å². The molecule has 7 heteroatoms. The van der Waals surface area contributed by atoms with Crippen LogP contribution in [0.25, 0.3) is 0 Å². The number of aliphatic carboxylic acids is 1. The summed E-state index contributed by atoms with van der Waals surface area (Å²) in [6, 6.07) is 0. The van der Waals surface area contributed by atoms with E-state index in [1.54, 1.807) is 5.38 Å². The van der Waals surface area contributed by atoms with Gasteiger partial charge in [-0.15, -0.1) is 11.3 Å². The molecule has 18 heavy (non-hydrogen) atoms. The summed E-state index contributed by atoms with van der Waals surface area (Å²) >= 11 is 1.35. The standard InChI is InChI=1S/C11H17N3O3S/c1-11(2,10(16)17)14(3)9(15)7-6-18-8(13-7)4-5-12/h6H,4-5,12H2,1-3H3,(H,16,17). The van der Waals surface area contributed by atoms with Crippen molar-refractivity contribution in [2.24, 2.45) is 5.73 Å². The Balaban J connectivity index is 2.89. The molecule has 0 aromatic carbocycles. The molecule has 0 spiro atoms. The molecular formula is C11H17N3O3S. The van der Waals surface area contributed by atoms with E-state index in [1.807, 2.05) is 0 Å². The van der Waals surface area contributed by atoms with Gasteiger partial charge < -0.3 is 15.7 Å². The highest BCUT2D eigenvalue weighted by molar-refractivity contribution is 7.09. The molecule has 0 atom stereocenters. The van der Waals surface area contributed by atoms with Crippen LogP contribution < -0.4 is 5.73 Å². The second kappa shape index (κ2) is 5.45. The third-order valence-corrected chi connectivity index (χ3v) is 3.70. The Morgan fingerprint density at radius 2 is 2.17 bits per heavy atom. The lowest BCUT2D eigenvalue weighted by Gasteiger charge is -2.30. The lowest BCUT2D eigenvalue weighted by molar-refractivity contribution is -0.147. The molecule has 0 aliphatic heterocycles. The molecule has 1 aromatic rings. The van der Waals surface area contributed by atoms with Crippen molar-refractivity contribution < 1.29 is 14.7 Å². The number of thiazole rings is 1.